The lowest BCUT2D eigenvalue weighted by molar-refractivity contribution is -0.777. The van der Waals surface area contributed by atoms with E-state index in [-0.39, 0.29) is 53.4 Å². The van der Waals surface area contributed by atoms with Crippen LogP contribution in [0.4, 0.5) is 11.4 Å². The van der Waals surface area contributed by atoms with Gasteiger partial charge in [-0.05, 0) is 103 Å². The zero-order valence-corrected chi connectivity index (χ0v) is 53.5. The number of fused-ring (bicyclic) bond motifs is 6. The number of carbonyl (C=O) groups excluding carboxylic acids is 1. The van der Waals surface area contributed by atoms with E-state index in [1.54, 1.807) is 54.6 Å². The fourth-order valence-electron chi connectivity index (χ4n) is 12.7. The Bertz CT molecular complexity index is 4200. The molecule has 3 aliphatic heterocycles. The van der Waals surface area contributed by atoms with Gasteiger partial charge in [-0.3, -0.25) is 14.7 Å². The number of carbonyl (C=O) groups is 1. The van der Waals surface area contributed by atoms with Crippen molar-refractivity contribution in [3.8, 4) is 0 Å². The van der Waals surface area contributed by atoms with Crippen molar-refractivity contribution in [2.75, 3.05) is 69.3 Å². The number of sulfonamides is 1. The van der Waals surface area contributed by atoms with Crippen molar-refractivity contribution in [3.63, 3.8) is 0 Å². The van der Waals surface area contributed by atoms with Gasteiger partial charge in [0.1, 0.15) is 26.8 Å². The summed E-state index contributed by atoms with van der Waals surface area (Å²) < 4.78 is 147. The maximum Gasteiger partial charge on any atom is 0.243 e. The van der Waals surface area contributed by atoms with Crippen molar-refractivity contribution in [1.29, 1.82) is 0 Å². The van der Waals surface area contributed by atoms with Gasteiger partial charge in [0.15, 0.2) is 5.71 Å². The highest BCUT2D eigenvalue weighted by Gasteiger charge is 2.46. The molecule has 0 aliphatic carbocycles. The summed E-state index contributed by atoms with van der Waals surface area (Å²) in [5.74, 6) is -0.149. The van der Waals surface area contributed by atoms with Crippen molar-refractivity contribution in [2.45, 2.75) is 91.9 Å². The standard InChI is InChI=1S/C63H73N5O15S5/c1-62(2)57(25-13-8-14-26-58-63(3,4)61-52-40-48(87(76,77)78)41-56(88(79,80)81)50(52)29-31-54(61)67(58)33-17-37-84-83-82-70)68(34-18-38-85(71,72)73)53-30-28-49-51(60(53)62)23-15-24-55(49)86(74,75)64(5)32-16-27-59(69)66-36-35-65(42-46-21-11-7-12-22-46)43-47(44-66)39-45-19-9-6-10-20-45/h6-15,19-26,28-31,40-41,47H,16-18,27,32-39,42-44H2,1-5H3,(H3-,70,71,72,73,76,77,78,79,80,81)/p-3. The number of anilines is 1. The monoisotopic (exact) mass is 1300 g/mol. The highest BCUT2D eigenvalue weighted by atomic mass is 32.2. The van der Waals surface area contributed by atoms with Crippen LogP contribution in [0.2, 0.25) is 0 Å². The van der Waals surface area contributed by atoms with E-state index in [0.717, 1.165) is 43.2 Å². The van der Waals surface area contributed by atoms with Gasteiger partial charge in [0.25, 0.3) is 0 Å². The second kappa shape index (κ2) is 27.1. The molecule has 6 aromatic carbocycles. The number of rotatable bonds is 25. The number of amides is 1. The van der Waals surface area contributed by atoms with Crippen LogP contribution in [0.3, 0.4) is 0 Å². The number of benzene rings is 6. The van der Waals surface area contributed by atoms with Crippen LogP contribution < -0.4 is 10.2 Å². The third-order valence-electron chi connectivity index (χ3n) is 16.7. The molecule has 6 aromatic rings. The first-order valence-corrected chi connectivity index (χ1v) is 35.5. The second-order valence-corrected chi connectivity index (χ2v) is 30.4. The lowest BCUT2D eigenvalue weighted by Crippen LogP contribution is -2.37. The predicted molar refractivity (Wildman–Crippen MR) is 333 cm³/mol. The van der Waals surface area contributed by atoms with E-state index in [0.29, 0.717) is 90.0 Å². The Morgan fingerprint density at radius 3 is 2.09 bits per heavy atom. The molecule has 1 atom stereocenters. The van der Waals surface area contributed by atoms with Crippen LogP contribution in [-0.4, -0.2) is 142 Å². The minimum absolute atomic E-state index is 0.0156. The van der Waals surface area contributed by atoms with Gasteiger partial charge in [0.2, 0.25) is 21.6 Å². The van der Waals surface area contributed by atoms with Crippen LogP contribution in [0.5, 0.6) is 0 Å². The Kier molecular flexibility index (Phi) is 20.4. The predicted octanol–water partition coefficient (Wildman–Crippen LogP) is 7.77. The molecule has 88 heavy (non-hydrogen) atoms. The zero-order valence-electron chi connectivity index (χ0n) is 49.4. The Morgan fingerprint density at radius 1 is 0.716 bits per heavy atom. The molecular weight excluding hydrogens is 1230 g/mol. The highest BCUT2D eigenvalue weighted by molar-refractivity contribution is 7.94. The molecule has 0 saturated carbocycles. The largest absolute Gasteiger partial charge is 0.748 e. The normalized spacial score (nSPS) is 18.0. The SMILES string of the molecule is CN(CCCC(=O)N1CCN(Cc2ccccc2)CC(Cc2ccccc2)C1)S(=O)(=O)c1cccc2c3c(ccc12)N(CCCS(=O)(=O)[O-])C(=CC=CC=CC1=[N+](CCCSOO[O-])c2ccc4c(S(=O)(=O)[O-])cc(S(=O)(=O)[O-])cc4c2C1(C)C)C3(C)C. The smallest absolute Gasteiger partial charge is 0.243 e. The molecule has 25 heteroatoms. The van der Waals surface area contributed by atoms with E-state index >= 15 is 0 Å². The molecule has 0 N–H and O–H groups in total. The number of hydrogen-bond acceptors (Lipinski definition) is 18. The van der Waals surface area contributed by atoms with Crippen LogP contribution in [0.1, 0.15) is 75.6 Å². The third-order valence-corrected chi connectivity index (χ3v) is 21.7. The minimum atomic E-state index is -5.27. The molecule has 0 spiro atoms. The van der Waals surface area contributed by atoms with E-state index < -0.39 is 66.8 Å². The van der Waals surface area contributed by atoms with Crippen molar-refractivity contribution in [2.24, 2.45) is 5.92 Å². The number of allylic oxidation sites excluding steroid dienone is 6. The highest BCUT2D eigenvalue weighted by Crippen LogP contribution is 2.52. The van der Waals surface area contributed by atoms with Crippen LogP contribution >= 0.6 is 12.0 Å². The van der Waals surface area contributed by atoms with Gasteiger partial charge in [-0.1, -0.05) is 111 Å². The van der Waals surface area contributed by atoms with Gasteiger partial charge in [0, 0.05) is 135 Å². The molecule has 1 unspecified atom stereocenters. The number of hydrogen-bond donors (Lipinski definition) is 0. The minimum Gasteiger partial charge on any atom is -0.748 e. The van der Waals surface area contributed by atoms with Crippen molar-refractivity contribution in [3.05, 3.63) is 174 Å². The van der Waals surface area contributed by atoms with Gasteiger partial charge in [0.05, 0.1) is 30.2 Å². The summed E-state index contributed by atoms with van der Waals surface area (Å²) in [7, 11) is -17.7. The topological polar surface area (TPSA) is 280 Å². The Morgan fingerprint density at radius 2 is 1.41 bits per heavy atom. The molecule has 9 rings (SSSR count). The molecule has 0 radical (unpaired) electrons. The average molecular weight is 1300 g/mol. The van der Waals surface area contributed by atoms with E-state index in [4.69, 9.17) is 0 Å². The first-order chi connectivity index (χ1) is 41.6. The summed E-state index contributed by atoms with van der Waals surface area (Å²) in [5.41, 5.74) is 4.36. The van der Waals surface area contributed by atoms with Gasteiger partial charge < -0.3 is 28.7 Å². The van der Waals surface area contributed by atoms with Crippen LogP contribution in [0.25, 0.3) is 21.5 Å². The third kappa shape index (κ3) is 14.8. The lowest BCUT2D eigenvalue weighted by Gasteiger charge is -2.27. The Labute approximate surface area is 519 Å². The van der Waals surface area contributed by atoms with Gasteiger partial charge in [-0.25, -0.2) is 38.0 Å². The van der Waals surface area contributed by atoms with Crippen LogP contribution in [-0.2, 0) is 78.3 Å². The maximum atomic E-state index is 14.7. The molecule has 3 aliphatic rings. The Hall–Kier alpha value is -6.17. The maximum absolute atomic E-state index is 14.7. The summed E-state index contributed by atoms with van der Waals surface area (Å²) >= 11 is 0.781. The first-order valence-electron chi connectivity index (χ1n) is 28.7. The molecule has 1 saturated heterocycles. The van der Waals surface area contributed by atoms with E-state index in [1.165, 1.54) is 28.5 Å². The molecule has 3 heterocycles. The molecule has 0 bridgehead atoms. The molecule has 470 valence electrons. The summed E-state index contributed by atoms with van der Waals surface area (Å²) in [5, 5.41) is 15.1. The van der Waals surface area contributed by atoms with E-state index in [9.17, 15) is 57.4 Å². The molecule has 20 nitrogen and oxygen atoms in total. The van der Waals surface area contributed by atoms with E-state index in [1.807, 2.05) is 90.6 Å². The number of nitrogens with zero attached hydrogens (tertiary/aromatic N) is 5. The average Bonchev–Trinajstić information content (AvgIpc) is 1.62. The van der Waals surface area contributed by atoms with E-state index in [2.05, 4.69) is 38.5 Å². The fraction of sp³-hybridized carbons (Fsp3) is 0.365. The summed E-state index contributed by atoms with van der Waals surface area (Å²) in [6, 6.07) is 33.8. The van der Waals surface area contributed by atoms with Gasteiger partial charge in [-0.2, -0.15) is 8.91 Å². The van der Waals surface area contributed by atoms with Crippen molar-refractivity contribution in [1.82, 2.24) is 14.1 Å². The van der Waals surface area contributed by atoms with Crippen molar-refractivity contribution >= 4 is 97.0 Å². The molecular formula is C63H70N5O15S5-3. The first kappa shape index (κ1) is 66.3. The fourth-order valence-corrected chi connectivity index (χ4v) is 16.3. The molecule has 1 fully saturated rings. The quantitative estimate of drug-likeness (QED) is 0.0101. The second-order valence-electron chi connectivity index (χ2n) is 23.4. The zero-order chi connectivity index (χ0) is 63.4. The summed E-state index contributed by atoms with van der Waals surface area (Å²) in [4.78, 5) is 18.6. The summed E-state index contributed by atoms with van der Waals surface area (Å²) in [6.45, 7) is 11.6. The van der Waals surface area contributed by atoms with Crippen molar-refractivity contribution < 1.29 is 71.3 Å². The van der Waals surface area contributed by atoms with Gasteiger partial charge >= 0.3 is 0 Å². The van der Waals surface area contributed by atoms with Crippen LogP contribution in [0.15, 0.2) is 166 Å². The Balaban J connectivity index is 0.969. The van der Waals surface area contributed by atoms with Crippen LogP contribution in [0, 0.1) is 5.92 Å². The molecule has 1 amide bonds. The van der Waals surface area contributed by atoms with Gasteiger partial charge in [-0.15, -0.1) is 0 Å². The molecule has 0 aromatic heterocycles. The summed E-state index contributed by atoms with van der Waals surface area (Å²) in [6.07, 6.45) is 10.6. The lowest BCUT2D eigenvalue weighted by atomic mass is 9.79.